The van der Waals surface area contributed by atoms with E-state index in [-0.39, 0.29) is 18.2 Å². The summed E-state index contributed by atoms with van der Waals surface area (Å²) < 4.78 is 5.69. The lowest BCUT2D eigenvalue weighted by Crippen LogP contribution is -2.40. The highest BCUT2D eigenvalue weighted by atomic mass is 16.6. The highest BCUT2D eigenvalue weighted by Crippen LogP contribution is 2.51. The topological polar surface area (TPSA) is 41.6 Å². The normalized spacial score (nSPS) is 24.4. The highest BCUT2D eigenvalue weighted by molar-refractivity contribution is 5.71. The second-order valence-corrected chi connectivity index (χ2v) is 8.19. The molecule has 4 heteroatoms. The number of para-hydroxylation sites is 1. The molecular formula is C22H26N2O2. The summed E-state index contributed by atoms with van der Waals surface area (Å²) in [5.41, 5.74) is 3.08. The van der Waals surface area contributed by atoms with E-state index in [2.05, 4.69) is 41.7 Å². The number of rotatable bonds is 1. The van der Waals surface area contributed by atoms with E-state index in [1.165, 1.54) is 11.1 Å². The maximum absolute atomic E-state index is 12.9. The molecule has 2 aliphatic heterocycles. The molecule has 1 fully saturated rings. The van der Waals surface area contributed by atoms with Crippen LogP contribution in [-0.4, -0.2) is 23.1 Å². The Labute approximate surface area is 155 Å². The Morgan fingerprint density at radius 1 is 1.08 bits per heavy atom. The number of hydrogen-bond donors (Lipinski definition) is 1. The summed E-state index contributed by atoms with van der Waals surface area (Å²) in [5.74, 6) is 0.333. The van der Waals surface area contributed by atoms with Crippen LogP contribution in [0.4, 0.5) is 10.5 Å². The first-order valence-electron chi connectivity index (χ1n) is 9.34. The lowest BCUT2D eigenvalue weighted by Gasteiger charge is -2.40. The van der Waals surface area contributed by atoms with E-state index < -0.39 is 5.60 Å². The maximum Gasteiger partial charge on any atom is 0.410 e. The van der Waals surface area contributed by atoms with Crippen LogP contribution in [0.5, 0.6) is 0 Å². The predicted octanol–water partition coefficient (Wildman–Crippen LogP) is 5.15. The number of benzene rings is 2. The van der Waals surface area contributed by atoms with Crippen LogP contribution in [0, 0.1) is 5.92 Å². The molecule has 2 heterocycles. The van der Waals surface area contributed by atoms with Crippen molar-refractivity contribution in [1.82, 2.24) is 4.90 Å². The van der Waals surface area contributed by atoms with E-state index in [4.69, 9.17) is 4.74 Å². The monoisotopic (exact) mass is 350 g/mol. The van der Waals surface area contributed by atoms with Gasteiger partial charge in [-0.3, -0.25) is 0 Å². The molecule has 4 nitrogen and oxygen atoms in total. The lowest BCUT2D eigenvalue weighted by atomic mass is 9.80. The first-order valence-corrected chi connectivity index (χ1v) is 9.34. The van der Waals surface area contributed by atoms with Gasteiger partial charge in [0.2, 0.25) is 0 Å². The number of amides is 1. The lowest BCUT2D eigenvalue weighted by molar-refractivity contribution is 0.0198. The van der Waals surface area contributed by atoms with Crippen molar-refractivity contribution >= 4 is 11.8 Å². The second kappa shape index (κ2) is 6.35. The van der Waals surface area contributed by atoms with Crippen LogP contribution >= 0.6 is 0 Å². The first-order chi connectivity index (χ1) is 12.4. The third-order valence-corrected chi connectivity index (χ3v) is 5.25. The van der Waals surface area contributed by atoms with E-state index in [1.807, 2.05) is 43.9 Å². The third kappa shape index (κ3) is 3.05. The Hall–Kier alpha value is -2.49. The number of hydrogen-bond acceptors (Lipinski definition) is 3. The smallest absolute Gasteiger partial charge is 0.410 e. The number of anilines is 1. The Kier molecular flexibility index (Phi) is 4.14. The molecule has 0 unspecified atom stereocenters. The van der Waals surface area contributed by atoms with Crippen LogP contribution in [0.3, 0.4) is 0 Å². The summed E-state index contributed by atoms with van der Waals surface area (Å²) in [6.45, 7) is 6.48. The van der Waals surface area contributed by atoms with E-state index in [0.717, 1.165) is 18.7 Å². The summed E-state index contributed by atoms with van der Waals surface area (Å²) in [6, 6.07) is 19.1. The fourth-order valence-corrected chi connectivity index (χ4v) is 4.24. The van der Waals surface area contributed by atoms with E-state index in [1.54, 1.807) is 0 Å². The van der Waals surface area contributed by atoms with Gasteiger partial charge < -0.3 is 15.0 Å². The van der Waals surface area contributed by atoms with Crippen LogP contribution in [0.25, 0.3) is 0 Å². The molecule has 0 spiro atoms. The molecule has 0 aliphatic carbocycles. The predicted molar refractivity (Wildman–Crippen MR) is 103 cm³/mol. The van der Waals surface area contributed by atoms with Gasteiger partial charge in [0, 0.05) is 18.2 Å². The fourth-order valence-electron chi connectivity index (χ4n) is 4.24. The van der Waals surface area contributed by atoms with Gasteiger partial charge in [-0.15, -0.1) is 0 Å². The largest absolute Gasteiger partial charge is 0.444 e. The van der Waals surface area contributed by atoms with Gasteiger partial charge in [0.05, 0.1) is 12.1 Å². The number of ether oxygens (including phenoxy) is 1. The zero-order chi connectivity index (χ0) is 18.3. The minimum Gasteiger partial charge on any atom is -0.444 e. The zero-order valence-corrected chi connectivity index (χ0v) is 15.6. The molecule has 3 atom stereocenters. The summed E-state index contributed by atoms with van der Waals surface area (Å²) in [7, 11) is 0. The highest BCUT2D eigenvalue weighted by Gasteiger charge is 2.47. The van der Waals surface area contributed by atoms with E-state index in [0.29, 0.717) is 5.92 Å². The third-order valence-electron chi connectivity index (χ3n) is 5.25. The summed E-state index contributed by atoms with van der Waals surface area (Å²) in [4.78, 5) is 14.8. The molecule has 1 saturated heterocycles. The summed E-state index contributed by atoms with van der Waals surface area (Å²) >= 11 is 0. The molecule has 2 aliphatic rings. The Morgan fingerprint density at radius 3 is 2.50 bits per heavy atom. The van der Waals surface area contributed by atoms with Crippen molar-refractivity contribution in [3.63, 3.8) is 0 Å². The number of carbonyl (C=O) groups excluding carboxylic acids is 1. The molecule has 0 saturated carbocycles. The van der Waals surface area contributed by atoms with Gasteiger partial charge in [-0.1, -0.05) is 48.5 Å². The van der Waals surface area contributed by atoms with Gasteiger partial charge in [-0.25, -0.2) is 4.79 Å². The van der Waals surface area contributed by atoms with Crippen LogP contribution in [0.2, 0.25) is 0 Å². The van der Waals surface area contributed by atoms with E-state index >= 15 is 0 Å². The average Bonchev–Trinajstić information content (AvgIpc) is 3.06. The van der Waals surface area contributed by atoms with Crippen molar-refractivity contribution in [2.75, 3.05) is 11.9 Å². The first kappa shape index (κ1) is 17.0. The Balaban J connectivity index is 1.72. The van der Waals surface area contributed by atoms with Gasteiger partial charge in [-0.05, 0) is 44.4 Å². The molecule has 2 aromatic rings. The Bertz CT molecular complexity index is 797. The number of likely N-dealkylation sites (tertiary alicyclic amines) is 1. The van der Waals surface area contributed by atoms with Crippen LogP contribution in [0.15, 0.2) is 54.6 Å². The molecule has 4 rings (SSSR count). The van der Waals surface area contributed by atoms with Crippen molar-refractivity contribution in [1.29, 1.82) is 0 Å². The SMILES string of the molecule is CC(C)(C)OC(=O)N1CC[C@@H]2[C@H]1c1ccccc1N[C@H]2c1ccccc1. The van der Waals surface area contributed by atoms with Crippen LogP contribution < -0.4 is 5.32 Å². The van der Waals surface area contributed by atoms with Gasteiger partial charge in [0.15, 0.2) is 0 Å². The Morgan fingerprint density at radius 2 is 1.77 bits per heavy atom. The van der Waals surface area contributed by atoms with Crippen molar-refractivity contribution in [3.05, 3.63) is 65.7 Å². The molecular weight excluding hydrogens is 324 g/mol. The molecule has 2 aromatic carbocycles. The second-order valence-electron chi connectivity index (χ2n) is 8.19. The van der Waals surface area contributed by atoms with Crippen LogP contribution in [-0.2, 0) is 4.74 Å². The van der Waals surface area contributed by atoms with Gasteiger partial charge in [0.25, 0.3) is 0 Å². The number of nitrogens with one attached hydrogen (secondary N) is 1. The maximum atomic E-state index is 12.9. The van der Waals surface area contributed by atoms with Crippen LogP contribution in [0.1, 0.15) is 50.4 Å². The minimum atomic E-state index is -0.486. The molecule has 0 bridgehead atoms. The fraction of sp³-hybridized carbons (Fsp3) is 0.409. The molecule has 1 N–H and O–H groups in total. The van der Waals surface area contributed by atoms with Crippen molar-refractivity contribution in [2.24, 2.45) is 5.92 Å². The van der Waals surface area contributed by atoms with Gasteiger partial charge in [-0.2, -0.15) is 0 Å². The molecule has 136 valence electrons. The quantitative estimate of drug-likeness (QED) is 0.773. The van der Waals surface area contributed by atoms with Crippen molar-refractivity contribution < 1.29 is 9.53 Å². The van der Waals surface area contributed by atoms with Crippen molar-refractivity contribution in [3.8, 4) is 0 Å². The van der Waals surface area contributed by atoms with Gasteiger partial charge in [0.1, 0.15) is 5.60 Å². The number of nitrogens with zero attached hydrogens (tertiary/aromatic N) is 1. The molecule has 26 heavy (non-hydrogen) atoms. The van der Waals surface area contributed by atoms with E-state index in [9.17, 15) is 4.79 Å². The molecule has 1 amide bonds. The summed E-state index contributed by atoms with van der Waals surface area (Å²) in [5, 5.41) is 3.71. The minimum absolute atomic E-state index is 0.0486. The number of fused-ring (bicyclic) bond motifs is 3. The standard InChI is InChI=1S/C22H26N2O2/c1-22(2,3)26-21(25)24-14-13-17-19(15-9-5-4-6-10-15)23-18-12-8-7-11-16(18)20(17)24/h4-12,17,19-20,23H,13-14H2,1-3H3/t17-,19-,20+/m0/s1. The van der Waals surface area contributed by atoms with Crippen molar-refractivity contribution in [2.45, 2.75) is 44.9 Å². The van der Waals surface area contributed by atoms with Gasteiger partial charge >= 0.3 is 6.09 Å². The zero-order valence-electron chi connectivity index (χ0n) is 15.6. The number of carbonyl (C=O) groups is 1. The molecule has 0 radical (unpaired) electrons. The average molecular weight is 350 g/mol. The summed E-state index contributed by atoms with van der Waals surface area (Å²) in [6.07, 6.45) is 0.749. The molecule has 0 aromatic heterocycles.